The molecule has 4 rings (SSSR count). The third kappa shape index (κ3) is 4.63. The zero-order chi connectivity index (χ0) is 24.5. The number of hydrogen-bond acceptors (Lipinski definition) is 5. The van der Waals surface area contributed by atoms with E-state index in [9.17, 15) is 18.0 Å². The molecular formula is C26H39N3O4S. The van der Waals surface area contributed by atoms with Crippen molar-refractivity contribution in [3.05, 3.63) is 29.3 Å². The first-order valence-electron chi connectivity index (χ1n) is 12.8. The molecular weight excluding hydrogens is 450 g/mol. The molecule has 0 spiro atoms. The van der Waals surface area contributed by atoms with Crippen molar-refractivity contribution in [3.63, 3.8) is 0 Å². The van der Waals surface area contributed by atoms with Crippen LogP contribution < -0.4 is 0 Å². The van der Waals surface area contributed by atoms with Gasteiger partial charge >= 0.3 is 0 Å². The number of aryl methyl sites for hydroxylation is 2. The van der Waals surface area contributed by atoms with Crippen molar-refractivity contribution in [3.8, 4) is 0 Å². The summed E-state index contributed by atoms with van der Waals surface area (Å²) in [5, 5.41) is 0. The van der Waals surface area contributed by atoms with E-state index in [1.54, 1.807) is 17.9 Å². The first-order chi connectivity index (χ1) is 16.2. The molecule has 3 fully saturated rings. The number of likely N-dealkylation sites (tertiary alicyclic amines) is 1. The highest BCUT2D eigenvalue weighted by Gasteiger charge is 2.55. The van der Waals surface area contributed by atoms with E-state index < -0.39 is 14.6 Å². The minimum atomic E-state index is -3.82. The molecule has 7 nitrogen and oxygen atoms in total. The summed E-state index contributed by atoms with van der Waals surface area (Å²) >= 11 is 0. The fraction of sp³-hybridized carbons (Fsp3) is 0.692. The molecule has 34 heavy (non-hydrogen) atoms. The van der Waals surface area contributed by atoms with Crippen LogP contribution in [0.5, 0.6) is 0 Å². The number of nitrogens with zero attached hydrogens (tertiary/aromatic N) is 3. The van der Waals surface area contributed by atoms with E-state index in [2.05, 4.69) is 11.8 Å². The highest BCUT2D eigenvalue weighted by Crippen LogP contribution is 2.43. The second-order valence-corrected chi connectivity index (χ2v) is 12.7. The minimum absolute atomic E-state index is 0.164. The Morgan fingerprint density at radius 2 is 1.65 bits per heavy atom. The van der Waals surface area contributed by atoms with E-state index in [1.807, 2.05) is 24.0 Å². The molecule has 3 aliphatic rings. The van der Waals surface area contributed by atoms with Crippen LogP contribution in [0.4, 0.5) is 0 Å². The van der Waals surface area contributed by atoms with Gasteiger partial charge in [0.15, 0.2) is 14.6 Å². The normalized spacial score (nSPS) is 23.8. The number of benzene rings is 1. The quantitative estimate of drug-likeness (QED) is 0.636. The van der Waals surface area contributed by atoms with E-state index in [4.69, 9.17) is 0 Å². The van der Waals surface area contributed by atoms with E-state index in [1.165, 1.54) is 6.42 Å². The summed E-state index contributed by atoms with van der Waals surface area (Å²) in [6, 6.07) is 5.74. The Hall–Kier alpha value is -1.93. The number of sulfone groups is 1. The summed E-state index contributed by atoms with van der Waals surface area (Å²) in [4.78, 5) is 32.8. The lowest BCUT2D eigenvalue weighted by molar-refractivity contribution is -0.138. The lowest BCUT2D eigenvalue weighted by Gasteiger charge is -2.40. The van der Waals surface area contributed by atoms with E-state index in [0.29, 0.717) is 62.1 Å². The average Bonchev–Trinajstić information content (AvgIpc) is 3.33. The molecule has 1 aromatic carbocycles. The second-order valence-electron chi connectivity index (χ2n) is 10.5. The average molecular weight is 490 g/mol. The molecule has 0 radical (unpaired) electrons. The van der Waals surface area contributed by atoms with Gasteiger partial charge in [0.05, 0.1) is 11.4 Å². The van der Waals surface area contributed by atoms with Gasteiger partial charge in [-0.15, -0.1) is 0 Å². The topological polar surface area (TPSA) is 78.0 Å². The van der Waals surface area contributed by atoms with Crippen molar-refractivity contribution >= 4 is 21.7 Å². The number of piperazine rings is 1. The highest BCUT2D eigenvalue weighted by atomic mass is 32.2. The minimum Gasteiger partial charge on any atom is -0.339 e. The number of hydrogen-bond donors (Lipinski definition) is 0. The van der Waals surface area contributed by atoms with Gasteiger partial charge in [-0.3, -0.25) is 14.5 Å². The van der Waals surface area contributed by atoms with Crippen molar-refractivity contribution in [2.75, 3.05) is 39.3 Å². The van der Waals surface area contributed by atoms with Gasteiger partial charge in [-0.1, -0.05) is 25.0 Å². The van der Waals surface area contributed by atoms with Crippen molar-refractivity contribution < 1.29 is 18.0 Å². The molecule has 2 heterocycles. The zero-order valence-corrected chi connectivity index (χ0v) is 21.7. The maximum absolute atomic E-state index is 13.9. The largest absolute Gasteiger partial charge is 0.339 e. The number of carbonyl (C=O) groups is 2. The Morgan fingerprint density at radius 1 is 0.971 bits per heavy atom. The number of carbonyl (C=O) groups excluding carboxylic acids is 2. The van der Waals surface area contributed by atoms with Crippen LogP contribution in [-0.2, 0) is 19.4 Å². The lowest BCUT2D eigenvalue weighted by Crippen LogP contribution is -2.58. The van der Waals surface area contributed by atoms with Crippen molar-refractivity contribution in [2.24, 2.45) is 0 Å². The van der Waals surface area contributed by atoms with Crippen LogP contribution in [-0.4, -0.2) is 85.0 Å². The van der Waals surface area contributed by atoms with Crippen molar-refractivity contribution in [2.45, 2.75) is 81.4 Å². The number of rotatable bonds is 5. The molecule has 1 saturated carbocycles. The third-order valence-electron chi connectivity index (χ3n) is 8.09. The molecule has 1 unspecified atom stereocenters. The van der Waals surface area contributed by atoms with Gasteiger partial charge in [0.2, 0.25) is 11.8 Å². The summed E-state index contributed by atoms with van der Waals surface area (Å²) in [5.41, 5.74) is 1.58. The van der Waals surface area contributed by atoms with Gasteiger partial charge in [0.25, 0.3) is 0 Å². The molecule has 1 atom stereocenters. The van der Waals surface area contributed by atoms with E-state index >= 15 is 0 Å². The molecule has 8 heteroatoms. The highest BCUT2D eigenvalue weighted by molar-refractivity contribution is 7.93. The predicted octanol–water partition coefficient (Wildman–Crippen LogP) is 2.94. The summed E-state index contributed by atoms with van der Waals surface area (Å²) in [5.74, 6) is -0.0849. The molecule has 1 aromatic rings. The van der Waals surface area contributed by atoms with Crippen LogP contribution in [0.25, 0.3) is 0 Å². The number of piperidine rings is 1. The van der Waals surface area contributed by atoms with Gasteiger partial charge in [-0.2, -0.15) is 0 Å². The summed E-state index contributed by atoms with van der Waals surface area (Å²) < 4.78 is 26.5. The van der Waals surface area contributed by atoms with Crippen LogP contribution >= 0.6 is 0 Å². The van der Waals surface area contributed by atoms with Gasteiger partial charge in [0.1, 0.15) is 0 Å². The predicted molar refractivity (Wildman–Crippen MR) is 132 cm³/mol. The van der Waals surface area contributed by atoms with Crippen molar-refractivity contribution in [1.82, 2.24) is 14.7 Å². The summed E-state index contributed by atoms with van der Waals surface area (Å²) in [6.45, 7) is 9.13. The Bertz CT molecular complexity index is 1020. The van der Waals surface area contributed by atoms with E-state index in [0.717, 1.165) is 37.8 Å². The van der Waals surface area contributed by atoms with Gasteiger partial charge in [-0.25, -0.2) is 8.42 Å². The summed E-state index contributed by atoms with van der Waals surface area (Å²) in [6.07, 6.45) is 5.57. The molecule has 1 aliphatic carbocycles. The maximum Gasteiger partial charge on any atom is 0.244 e. The number of amides is 2. The zero-order valence-electron chi connectivity index (χ0n) is 20.9. The van der Waals surface area contributed by atoms with Crippen molar-refractivity contribution in [1.29, 1.82) is 0 Å². The molecule has 2 aliphatic heterocycles. The maximum atomic E-state index is 13.9. The molecule has 2 amide bonds. The third-order valence-corrected chi connectivity index (χ3v) is 10.7. The van der Waals surface area contributed by atoms with Gasteiger partial charge in [0, 0.05) is 38.8 Å². The fourth-order valence-corrected chi connectivity index (χ4v) is 8.34. The van der Waals surface area contributed by atoms with Crippen LogP contribution in [0.15, 0.2) is 23.1 Å². The van der Waals surface area contributed by atoms with Gasteiger partial charge < -0.3 is 9.80 Å². The van der Waals surface area contributed by atoms with Crippen LogP contribution in [0, 0.1) is 13.8 Å². The van der Waals surface area contributed by atoms with Gasteiger partial charge in [-0.05, 0) is 70.1 Å². The van der Waals surface area contributed by atoms with Crippen LogP contribution in [0.3, 0.4) is 0 Å². The fourth-order valence-electron chi connectivity index (χ4n) is 5.90. The Morgan fingerprint density at radius 3 is 2.29 bits per heavy atom. The Kier molecular flexibility index (Phi) is 7.38. The van der Waals surface area contributed by atoms with E-state index in [-0.39, 0.29) is 11.8 Å². The monoisotopic (exact) mass is 489 g/mol. The SMILES string of the molecule is Cc1ccc(C)c(S(=O)(=O)C2(C(=O)N3CCN(CC(=O)N4CCCCC4C)CC3)CCCC2)c1. The smallest absolute Gasteiger partial charge is 0.244 e. The molecule has 0 aromatic heterocycles. The Balaban J connectivity index is 1.45. The molecule has 0 N–H and O–H groups in total. The first-order valence-corrected chi connectivity index (χ1v) is 14.3. The lowest BCUT2D eigenvalue weighted by atomic mass is 10.0. The molecule has 0 bridgehead atoms. The summed E-state index contributed by atoms with van der Waals surface area (Å²) in [7, 11) is -3.82. The van der Waals surface area contributed by atoms with Crippen LogP contribution in [0.1, 0.15) is 63.0 Å². The second kappa shape index (κ2) is 9.97. The first kappa shape index (κ1) is 25.2. The molecule has 2 saturated heterocycles. The van der Waals surface area contributed by atoms with Crippen LogP contribution in [0.2, 0.25) is 0 Å². The standard InChI is InChI=1S/C26H39N3O4S/c1-20-9-10-21(2)23(18-20)34(32,33)26(11-5-6-12-26)25(31)28-16-14-27(15-17-28)19-24(30)29-13-7-4-8-22(29)3/h9-10,18,22H,4-8,11-17,19H2,1-3H3. The Labute approximate surface area is 204 Å². The molecule has 188 valence electrons.